The molecule has 0 amide bonds. The third-order valence-corrected chi connectivity index (χ3v) is 3.75. The highest BCUT2D eigenvalue weighted by Crippen LogP contribution is 2.39. The van der Waals surface area contributed by atoms with Crippen molar-refractivity contribution in [3.63, 3.8) is 0 Å². The zero-order valence-corrected chi connectivity index (χ0v) is 10.3. The van der Waals surface area contributed by atoms with E-state index in [1.54, 1.807) is 0 Å². The van der Waals surface area contributed by atoms with Gasteiger partial charge in [0.25, 0.3) is 0 Å². The van der Waals surface area contributed by atoms with Crippen LogP contribution in [0.4, 0.5) is 0 Å². The molecule has 0 aliphatic heterocycles. The molecule has 2 aliphatic rings. The Morgan fingerprint density at radius 3 is 2.50 bits per heavy atom. The number of hydrogen-bond donors (Lipinski definition) is 1. The van der Waals surface area contributed by atoms with Crippen molar-refractivity contribution >= 4 is 0 Å². The Bertz CT molecular complexity index is 275. The van der Waals surface area contributed by atoms with Crippen molar-refractivity contribution in [2.24, 2.45) is 17.6 Å². The molecule has 2 rings (SSSR count). The minimum Gasteiger partial charge on any atom is -0.312 e. The van der Waals surface area contributed by atoms with Crippen LogP contribution in [-0.2, 0) is 0 Å². The van der Waals surface area contributed by atoms with Gasteiger partial charge in [-0.05, 0) is 50.5 Å². The van der Waals surface area contributed by atoms with E-state index < -0.39 is 5.54 Å². The molecule has 0 aromatic carbocycles. The molecule has 0 aromatic heterocycles. The molecule has 2 N–H and O–H groups in total. The van der Waals surface area contributed by atoms with Gasteiger partial charge in [-0.2, -0.15) is 5.26 Å². The molecular formula is C13H23N3. The molecule has 16 heavy (non-hydrogen) atoms. The highest BCUT2D eigenvalue weighted by atomic mass is 15.2. The van der Waals surface area contributed by atoms with Crippen LogP contribution in [0.2, 0.25) is 0 Å². The van der Waals surface area contributed by atoms with Gasteiger partial charge in [-0.25, -0.2) is 0 Å². The largest absolute Gasteiger partial charge is 0.312 e. The van der Waals surface area contributed by atoms with E-state index in [-0.39, 0.29) is 0 Å². The molecule has 0 spiro atoms. The quantitative estimate of drug-likeness (QED) is 0.712. The monoisotopic (exact) mass is 221 g/mol. The molecule has 1 atom stereocenters. The summed E-state index contributed by atoms with van der Waals surface area (Å²) in [5.41, 5.74) is 5.65. The molecule has 90 valence electrons. The van der Waals surface area contributed by atoms with Crippen LogP contribution in [0.1, 0.15) is 39.0 Å². The standard InChI is InChI=1S/C13H23N3/c1-2-7-16(8-11-3-4-11)10-13(15,9-14)12-5-6-12/h11-12H,2-8,10,15H2,1H3. The van der Waals surface area contributed by atoms with E-state index in [1.807, 2.05) is 0 Å². The molecule has 3 heteroatoms. The SMILES string of the molecule is CCCN(CC1CC1)CC(N)(C#N)C1CC1. The van der Waals surface area contributed by atoms with Crippen molar-refractivity contribution < 1.29 is 0 Å². The van der Waals surface area contributed by atoms with Crippen molar-refractivity contribution in [2.45, 2.75) is 44.6 Å². The first-order chi connectivity index (χ1) is 7.68. The summed E-state index contributed by atoms with van der Waals surface area (Å²) in [6, 6.07) is 2.36. The third-order valence-electron chi connectivity index (χ3n) is 3.75. The molecule has 0 bridgehead atoms. The summed E-state index contributed by atoms with van der Waals surface area (Å²) in [7, 11) is 0. The van der Waals surface area contributed by atoms with Gasteiger partial charge < -0.3 is 10.6 Å². The predicted octanol–water partition coefficient (Wildman–Crippen LogP) is 1.74. The maximum atomic E-state index is 9.26. The van der Waals surface area contributed by atoms with Gasteiger partial charge >= 0.3 is 0 Å². The van der Waals surface area contributed by atoms with Gasteiger partial charge in [0.15, 0.2) is 0 Å². The molecule has 0 radical (unpaired) electrons. The van der Waals surface area contributed by atoms with Gasteiger partial charge in [0, 0.05) is 13.1 Å². The lowest BCUT2D eigenvalue weighted by atomic mass is 9.95. The molecule has 2 saturated carbocycles. The smallest absolute Gasteiger partial charge is 0.119 e. The summed E-state index contributed by atoms with van der Waals surface area (Å²) in [5.74, 6) is 1.34. The van der Waals surface area contributed by atoms with Crippen molar-refractivity contribution in [1.82, 2.24) is 4.90 Å². The highest BCUT2D eigenvalue weighted by Gasteiger charge is 2.44. The molecular weight excluding hydrogens is 198 g/mol. The Balaban J connectivity index is 1.89. The number of rotatable bonds is 7. The average molecular weight is 221 g/mol. The Labute approximate surface area is 98.6 Å². The van der Waals surface area contributed by atoms with E-state index in [4.69, 9.17) is 5.73 Å². The van der Waals surface area contributed by atoms with Crippen molar-refractivity contribution in [2.75, 3.05) is 19.6 Å². The molecule has 0 aromatic rings. The highest BCUT2D eigenvalue weighted by molar-refractivity contribution is 5.14. The first-order valence-corrected chi connectivity index (χ1v) is 6.60. The maximum Gasteiger partial charge on any atom is 0.119 e. The van der Waals surface area contributed by atoms with Gasteiger partial charge in [-0.3, -0.25) is 0 Å². The lowest BCUT2D eigenvalue weighted by Crippen LogP contribution is -2.51. The second kappa shape index (κ2) is 4.73. The minimum absolute atomic E-state index is 0.455. The summed E-state index contributed by atoms with van der Waals surface area (Å²) >= 11 is 0. The molecule has 2 aliphatic carbocycles. The molecule has 3 nitrogen and oxygen atoms in total. The number of hydrogen-bond acceptors (Lipinski definition) is 3. The van der Waals surface area contributed by atoms with Crippen LogP contribution >= 0.6 is 0 Å². The van der Waals surface area contributed by atoms with Crippen LogP contribution < -0.4 is 5.73 Å². The molecule has 2 fully saturated rings. The summed E-state index contributed by atoms with van der Waals surface area (Å²) in [5, 5.41) is 9.26. The van der Waals surface area contributed by atoms with Gasteiger partial charge in [0.05, 0.1) is 6.07 Å². The summed E-state index contributed by atoms with van der Waals surface area (Å²) in [6.45, 7) is 5.21. The fraction of sp³-hybridized carbons (Fsp3) is 0.923. The summed E-state index contributed by atoms with van der Waals surface area (Å²) in [6.07, 6.45) is 6.18. The van der Waals surface area contributed by atoms with Gasteiger partial charge in [-0.15, -0.1) is 0 Å². The normalized spacial score (nSPS) is 24.1. The Hall–Kier alpha value is -0.590. The van der Waals surface area contributed by atoms with Gasteiger partial charge in [0.2, 0.25) is 0 Å². The second-order valence-corrected chi connectivity index (χ2v) is 5.60. The van der Waals surface area contributed by atoms with E-state index >= 15 is 0 Å². The first kappa shape index (κ1) is 11.9. The van der Waals surface area contributed by atoms with E-state index in [0.717, 1.165) is 44.8 Å². The van der Waals surface area contributed by atoms with Crippen LogP contribution in [0.25, 0.3) is 0 Å². The number of nitriles is 1. The fourth-order valence-corrected chi connectivity index (χ4v) is 2.44. The van der Waals surface area contributed by atoms with Crippen molar-refractivity contribution in [3.05, 3.63) is 0 Å². The number of nitrogens with two attached hydrogens (primary N) is 1. The predicted molar refractivity (Wildman–Crippen MR) is 64.7 cm³/mol. The van der Waals surface area contributed by atoms with Gasteiger partial charge in [0.1, 0.15) is 5.54 Å². The Morgan fingerprint density at radius 2 is 2.06 bits per heavy atom. The zero-order valence-electron chi connectivity index (χ0n) is 10.3. The van der Waals surface area contributed by atoms with Crippen LogP contribution in [0.5, 0.6) is 0 Å². The van der Waals surface area contributed by atoms with Crippen LogP contribution in [0.15, 0.2) is 0 Å². The maximum absolute atomic E-state index is 9.26. The minimum atomic E-state index is -0.579. The lowest BCUT2D eigenvalue weighted by molar-refractivity contribution is 0.213. The van der Waals surface area contributed by atoms with E-state index in [9.17, 15) is 5.26 Å². The summed E-state index contributed by atoms with van der Waals surface area (Å²) in [4.78, 5) is 2.42. The lowest BCUT2D eigenvalue weighted by Gasteiger charge is -2.30. The number of nitrogens with zero attached hydrogens (tertiary/aromatic N) is 2. The second-order valence-electron chi connectivity index (χ2n) is 5.60. The average Bonchev–Trinajstić information content (AvgIpc) is 3.10. The van der Waals surface area contributed by atoms with Crippen LogP contribution in [0.3, 0.4) is 0 Å². The fourth-order valence-electron chi connectivity index (χ4n) is 2.44. The third kappa shape index (κ3) is 2.96. The van der Waals surface area contributed by atoms with E-state index in [2.05, 4.69) is 17.9 Å². The van der Waals surface area contributed by atoms with Crippen molar-refractivity contribution in [3.8, 4) is 6.07 Å². The Morgan fingerprint density at radius 1 is 1.38 bits per heavy atom. The zero-order chi connectivity index (χ0) is 11.6. The molecule has 0 saturated heterocycles. The first-order valence-electron chi connectivity index (χ1n) is 6.60. The topological polar surface area (TPSA) is 53.0 Å². The van der Waals surface area contributed by atoms with Crippen LogP contribution in [0, 0.1) is 23.2 Å². The van der Waals surface area contributed by atoms with E-state index in [0.29, 0.717) is 5.92 Å². The van der Waals surface area contributed by atoms with E-state index in [1.165, 1.54) is 12.8 Å². The van der Waals surface area contributed by atoms with Crippen molar-refractivity contribution in [1.29, 1.82) is 5.26 Å². The summed E-state index contributed by atoms with van der Waals surface area (Å²) < 4.78 is 0. The van der Waals surface area contributed by atoms with Crippen LogP contribution in [-0.4, -0.2) is 30.1 Å². The van der Waals surface area contributed by atoms with Gasteiger partial charge in [-0.1, -0.05) is 6.92 Å². The Kier molecular flexibility index (Phi) is 3.51. The molecule has 0 heterocycles. The molecule has 1 unspecified atom stereocenters.